The third kappa shape index (κ3) is 1.67. The third-order valence-corrected chi connectivity index (χ3v) is 2.34. The van der Waals surface area contributed by atoms with Crippen molar-refractivity contribution in [2.75, 3.05) is 5.73 Å². The van der Waals surface area contributed by atoms with Crippen molar-refractivity contribution in [3.05, 3.63) is 28.6 Å². The van der Waals surface area contributed by atoms with Crippen molar-refractivity contribution in [3.63, 3.8) is 0 Å². The van der Waals surface area contributed by atoms with Crippen LogP contribution in [0.25, 0.3) is 11.4 Å². The summed E-state index contributed by atoms with van der Waals surface area (Å²) in [4.78, 5) is 8.44. The minimum atomic E-state index is 0.522. The van der Waals surface area contributed by atoms with Gasteiger partial charge in [-0.05, 0) is 18.4 Å². The fourth-order valence-corrected chi connectivity index (χ4v) is 1.75. The van der Waals surface area contributed by atoms with E-state index in [4.69, 9.17) is 5.73 Å². The lowest BCUT2D eigenvalue weighted by atomic mass is 10.3. The van der Waals surface area contributed by atoms with E-state index in [0.717, 1.165) is 11.3 Å². The maximum Gasteiger partial charge on any atom is 0.162 e. The molecular weight excluding hydrogens is 182 g/mol. The van der Waals surface area contributed by atoms with E-state index in [2.05, 4.69) is 9.97 Å². The number of aromatic nitrogens is 2. The summed E-state index contributed by atoms with van der Waals surface area (Å²) in [6.07, 6.45) is 0. The topological polar surface area (TPSA) is 51.8 Å². The predicted octanol–water partition coefficient (Wildman–Crippen LogP) is 2.10. The average molecular weight is 191 g/mol. The summed E-state index contributed by atoms with van der Waals surface area (Å²) in [6, 6.07) is 3.74. The molecule has 66 valence electrons. The van der Waals surface area contributed by atoms with Crippen LogP contribution in [-0.4, -0.2) is 9.97 Å². The molecule has 0 spiro atoms. The number of nitrogens with zero attached hydrogens (tertiary/aromatic N) is 2. The molecule has 0 bridgehead atoms. The SMILES string of the molecule is Cc1cc(N)nc(-c2ccsc2)n1. The zero-order chi connectivity index (χ0) is 9.26. The van der Waals surface area contributed by atoms with E-state index in [0.29, 0.717) is 11.6 Å². The van der Waals surface area contributed by atoms with E-state index in [1.807, 2.05) is 23.8 Å². The van der Waals surface area contributed by atoms with E-state index in [-0.39, 0.29) is 0 Å². The molecular formula is C9H9N3S. The lowest BCUT2D eigenvalue weighted by Gasteiger charge is -1.99. The second kappa shape index (κ2) is 3.14. The molecule has 0 aliphatic carbocycles. The number of hydrogen-bond acceptors (Lipinski definition) is 4. The molecule has 0 radical (unpaired) electrons. The second-order valence-electron chi connectivity index (χ2n) is 2.77. The summed E-state index contributed by atoms with van der Waals surface area (Å²) in [5.41, 5.74) is 7.54. The first-order valence-electron chi connectivity index (χ1n) is 3.89. The van der Waals surface area contributed by atoms with E-state index < -0.39 is 0 Å². The molecule has 0 saturated carbocycles. The molecule has 0 amide bonds. The highest BCUT2D eigenvalue weighted by molar-refractivity contribution is 7.08. The fourth-order valence-electron chi connectivity index (χ4n) is 1.11. The molecule has 0 aromatic carbocycles. The maximum atomic E-state index is 5.62. The fraction of sp³-hybridized carbons (Fsp3) is 0.111. The molecule has 2 heterocycles. The van der Waals surface area contributed by atoms with Gasteiger partial charge in [0, 0.05) is 22.7 Å². The van der Waals surface area contributed by atoms with Gasteiger partial charge >= 0.3 is 0 Å². The third-order valence-electron chi connectivity index (χ3n) is 1.65. The van der Waals surface area contributed by atoms with Crippen LogP contribution in [0.5, 0.6) is 0 Å². The van der Waals surface area contributed by atoms with Gasteiger partial charge in [-0.25, -0.2) is 9.97 Å². The Labute approximate surface area is 80.3 Å². The highest BCUT2D eigenvalue weighted by Gasteiger charge is 2.02. The number of rotatable bonds is 1. The molecule has 4 heteroatoms. The van der Waals surface area contributed by atoms with Crippen molar-refractivity contribution in [2.45, 2.75) is 6.92 Å². The summed E-state index contributed by atoms with van der Waals surface area (Å²) in [7, 11) is 0. The van der Waals surface area contributed by atoms with Crippen LogP contribution in [0.15, 0.2) is 22.9 Å². The number of hydrogen-bond donors (Lipinski definition) is 1. The molecule has 0 aliphatic heterocycles. The number of aryl methyl sites for hydroxylation is 1. The molecule has 0 unspecified atom stereocenters. The van der Waals surface area contributed by atoms with Crippen LogP contribution < -0.4 is 5.73 Å². The van der Waals surface area contributed by atoms with E-state index in [1.54, 1.807) is 17.4 Å². The van der Waals surface area contributed by atoms with Gasteiger partial charge < -0.3 is 5.73 Å². The van der Waals surface area contributed by atoms with Gasteiger partial charge in [-0.2, -0.15) is 11.3 Å². The van der Waals surface area contributed by atoms with Gasteiger partial charge in [-0.15, -0.1) is 0 Å². The van der Waals surface area contributed by atoms with Crippen LogP contribution >= 0.6 is 11.3 Å². The number of thiophene rings is 1. The minimum Gasteiger partial charge on any atom is -0.384 e. The number of anilines is 1. The molecule has 13 heavy (non-hydrogen) atoms. The van der Waals surface area contributed by atoms with Crippen LogP contribution in [-0.2, 0) is 0 Å². The van der Waals surface area contributed by atoms with Gasteiger partial charge in [-0.3, -0.25) is 0 Å². The molecule has 0 aliphatic rings. The van der Waals surface area contributed by atoms with Crippen LogP contribution in [0, 0.1) is 6.92 Å². The molecule has 0 atom stereocenters. The summed E-state index contributed by atoms with van der Waals surface area (Å²) in [5, 5.41) is 4.01. The Morgan fingerprint density at radius 3 is 2.85 bits per heavy atom. The summed E-state index contributed by atoms with van der Waals surface area (Å²) in [5.74, 6) is 1.23. The van der Waals surface area contributed by atoms with Crippen molar-refractivity contribution in [2.24, 2.45) is 0 Å². The average Bonchev–Trinajstić information content (AvgIpc) is 2.53. The van der Waals surface area contributed by atoms with Gasteiger partial charge in [0.05, 0.1) is 0 Å². The second-order valence-corrected chi connectivity index (χ2v) is 3.55. The Morgan fingerprint density at radius 2 is 2.23 bits per heavy atom. The number of nitrogens with two attached hydrogens (primary N) is 1. The van der Waals surface area contributed by atoms with Crippen molar-refractivity contribution in [1.82, 2.24) is 9.97 Å². The first-order valence-corrected chi connectivity index (χ1v) is 4.84. The first-order chi connectivity index (χ1) is 6.25. The normalized spacial score (nSPS) is 10.2. The molecule has 2 rings (SSSR count). The molecule has 2 N–H and O–H groups in total. The van der Waals surface area contributed by atoms with Gasteiger partial charge in [-0.1, -0.05) is 0 Å². The van der Waals surface area contributed by atoms with Crippen molar-refractivity contribution < 1.29 is 0 Å². The number of nitrogen functional groups attached to an aromatic ring is 1. The summed E-state index contributed by atoms with van der Waals surface area (Å²) < 4.78 is 0. The Kier molecular flexibility index (Phi) is 1.98. The smallest absolute Gasteiger partial charge is 0.162 e. The van der Waals surface area contributed by atoms with Gasteiger partial charge in [0.25, 0.3) is 0 Å². The quantitative estimate of drug-likeness (QED) is 0.751. The Balaban J connectivity index is 2.53. The van der Waals surface area contributed by atoms with Gasteiger partial charge in [0.2, 0.25) is 0 Å². The largest absolute Gasteiger partial charge is 0.384 e. The molecule has 2 aromatic rings. The molecule has 3 nitrogen and oxygen atoms in total. The molecule has 0 fully saturated rings. The Hall–Kier alpha value is -1.42. The lowest BCUT2D eigenvalue weighted by Crippen LogP contribution is -1.96. The van der Waals surface area contributed by atoms with Crippen molar-refractivity contribution in [3.8, 4) is 11.4 Å². The van der Waals surface area contributed by atoms with Crippen LogP contribution in [0.2, 0.25) is 0 Å². The summed E-state index contributed by atoms with van der Waals surface area (Å²) >= 11 is 1.63. The molecule has 0 saturated heterocycles. The van der Waals surface area contributed by atoms with E-state index >= 15 is 0 Å². The minimum absolute atomic E-state index is 0.522. The first kappa shape index (κ1) is 8.19. The lowest BCUT2D eigenvalue weighted by molar-refractivity contribution is 1.12. The van der Waals surface area contributed by atoms with Crippen LogP contribution in [0.4, 0.5) is 5.82 Å². The van der Waals surface area contributed by atoms with Crippen LogP contribution in [0.3, 0.4) is 0 Å². The van der Waals surface area contributed by atoms with Crippen molar-refractivity contribution in [1.29, 1.82) is 0 Å². The van der Waals surface area contributed by atoms with Gasteiger partial charge in [0.15, 0.2) is 5.82 Å². The predicted molar refractivity (Wildman–Crippen MR) is 54.5 cm³/mol. The zero-order valence-electron chi connectivity index (χ0n) is 7.19. The van der Waals surface area contributed by atoms with E-state index in [9.17, 15) is 0 Å². The maximum absolute atomic E-state index is 5.62. The van der Waals surface area contributed by atoms with E-state index in [1.165, 1.54) is 0 Å². The summed E-state index contributed by atoms with van der Waals surface area (Å²) in [6.45, 7) is 1.91. The van der Waals surface area contributed by atoms with Crippen LogP contribution in [0.1, 0.15) is 5.69 Å². The Bertz CT molecular complexity index is 389. The van der Waals surface area contributed by atoms with Crippen molar-refractivity contribution >= 4 is 17.2 Å². The zero-order valence-corrected chi connectivity index (χ0v) is 8.01. The highest BCUT2D eigenvalue weighted by atomic mass is 32.1. The monoisotopic (exact) mass is 191 g/mol. The van der Waals surface area contributed by atoms with Gasteiger partial charge in [0.1, 0.15) is 5.82 Å². The standard InChI is InChI=1S/C9H9N3S/c1-6-4-8(10)12-9(11-6)7-2-3-13-5-7/h2-5H,1H3,(H2,10,11,12). The highest BCUT2D eigenvalue weighted by Crippen LogP contribution is 2.19. The molecule has 2 aromatic heterocycles. The Morgan fingerprint density at radius 1 is 1.38 bits per heavy atom.